The van der Waals surface area contributed by atoms with E-state index < -0.39 is 10.0 Å². The molecule has 0 atom stereocenters. The number of amides is 1. The van der Waals surface area contributed by atoms with Gasteiger partial charge in [-0.25, -0.2) is 8.42 Å². The molecule has 24 heavy (non-hydrogen) atoms. The molecule has 1 amide bonds. The molecular formula is C17H26N2O3S2. The van der Waals surface area contributed by atoms with Crippen molar-refractivity contribution in [3.8, 4) is 0 Å². The maximum absolute atomic E-state index is 13.0. The van der Waals surface area contributed by atoms with Crippen molar-refractivity contribution in [3.63, 3.8) is 0 Å². The summed E-state index contributed by atoms with van der Waals surface area (Å²) in [5.74, 6) is -0.144. The van der Waals surface area contributed by atoms with E-state index in [0.717, 1.165) is 38.5 Å². The second kappa shape index (κ2) is 7.54. The normalized spacial score (nSPS) is 20.9. The van der Waals surface area contributed by atoms with E-state index >= 15 is 0 Å². The largest absolute Gasteiger partial charge is 0.338 e. The number of hydrogen-bond donors (Lipinski definition) is 0. The van der Waals surface area contributed by atoms with Crippen LogP contribution in [0.25, 0.3) is 0 Å². The fourth-order valence-corrected chi connectivity index (χ4v) is 6.59. The van der Waals surface area contributed by atoms with Crippen LogP contribution in [0.1, 0.15) is 61.0 Å². The van der Waals surface area contributed by atoms with Gasteiger partial charge in [0.05, 0.1) is 0 Å². The maximum atomic E-state index is 13.0. The van der Waals surface area contributed by atoms with Gasteiger partial charge < -0.3 is 4.90 Å². The highest BCUT2D eigenvalue weighted by molar-refractivity contribution is 7.89. The first-order valence-electron chi connectivity index (χ1n) is 8.86. The first-order chi connectivity index (χ1) is 11.5. The van der Waals surface area contributed by atoms with Crippen LogP contribution < -0.4 is 0 Å². The summed E-state index contributed by atoms with van der Waals surface area (Å²) in [6, 6.07) is 1.82. The number of carbonyl (C=O) groups is 1. The van der Waals surface area contributed by atoms with Gasteiger partial charge in [0.25, 0.3) is 5.91 Å². The standard InChI is InChI=1S/C17H26N2O3S2/c1-18(14-8-4-2-3-5-9-14)17(20)16-15(10-13-23-16)24(21,22)19-11-6-7-12-19/h10,13-14H,2-9,11-12H2,1H3. The summed E-state index contributed by atoms with van der Waals surface area (Å²) in [6.45, 7) is 1.12. The third kappa shape index (κ3) is 3.53. The van der Waals surface area contributed by atoms with E-state index in [-0.39, 0.29) is 16.8 Å². The molecule has 0 aromatic carbocycles. The second-order valence-corrected chi connectivity index (χ2v) is 9.61. The van der Waals surface area contributed by atoms with E-state index in [0.29, 0.717) is 18.0 Å². The molecule has 1 aliphatic carbocycles. The molecule has 3 rings (SSSR count). The minimum atomic E-state index is -3.55. The number of thiophene rings is 1. The summed E-state index contributed by atoms with van der Waals surface area (Å²) >= 11 is 1.24. The summed E-state index contributed by atoms with van der Waals surface area (Å²) in [7, 11) is -1.72. The van der Waals surface area contributed by atoms with Crippen molar-refractivity contribution >= 4 is 27.3 Å². The molecule has 1 saturated heterocycles. The highest BCUT2D eigenvalue weighted by Crippen LogP contribution is 2.30. The molecule has 7 heteroatoms. The number of sulfonamides is 1. The second-order valence-electron chi connectivity index (χ2n) is 6.79. The summed E-state index contributed by atoms with van der Waals surface area (Å²) in [4.78, 5) is 15.3. The predicted molar refractivity (Wildman–Crippen MR) is 95.9 cm³/mol. The van der Waals surface area contributed by atoms with Crippen molar-refractivity contribution < 1.29 is 13.2 Å². The Hall–Kier alpha value is -0.920. The Balaban J connectivity index is 1.82. The summed E-state index contributed by atoms with van der Waals surface area (Å²) in [5, 5.41) is 1.72. The zero-order chi connectivity index (χ0) is 17.2. The zero-order valence-electron chi connectivity index (χ0n) is 14.2. The summed E-state index contributed by atoms with van der Waals surface area (Å²) < 4.78 is 27.2. The van der Waals surface area contributed by atoms with Crippen LogP contribution in [0.15, 0.2) is 16.3 Å². The van der Waals surface area contributed by atoms with E-state index in [2.05, 4.69) is 0 Å². The highest BCUT2D eigenvalue weighted by atomic mass is 32.2. The lowest BCUT2D eigenvalue weighted by molar-refractivity contribution is 0.0719. The Morgan fingerprint density at radius 1 is 1.12 bits per heavy atom. The van der Waals surface area contributed by atoms with Gasteiger partial charge in [-0.2, -0.15) is 4.31 Å². The molecule has 0 spiro atoms. The SMILES string of the molecule is CN(C(=O)c1sccc1S(=O)(=O)N1CCCC1)C1CCCCCC1. The predicted octanol–water partition coefficient (Wildman–Crippen LogP) is 3.33. The van der Waals surface area contributed by atoms with Gasteiger partial charge in [-0.05, 0) is 37.1 Å². The minimum absolute atomic E-state index is 0.144. The quantitative estimate of drug-likeness (QED) is 0.764. The van der Waals surface area contributed by atoms with E-state index in [4.69, 9.17) is 0 Å². The van der Waals surface area contributed by atoms with Crippen molar-refractivity contribution in [1.82, 2.24) is 9.21 Å². The van der Waals surface area contributed by atoms with Gasteiger partial charge >= 0.3 is 0 Å². The number of nitrogens with zero attached hydrogens (tertiary/aromatic N) is 2. The molecular weight excluding hydrogens is 344 g/mol. The molecule has 1 aromatic heterocycles. The molecule has 0 N–H and O–H groups in total. The van der Waals surface area contributed by atoms with Crippen molar-refractivity contribution in [2.75, 3.05) is 20.1 Å². The molecule has 2 heterocycles. The van der Waals surface area contributed by atoms with Gasteiger partial charge in [0.2, 0.25) is 10.0 Å². The van der Waals surface area contributed by atoms with Crippen LogP contribution in [-0.2, 0) is 10.0 Å². The van der Waals surface area contributed by atoms with Gasteiger partial charge in [-0.3, -0.25) is 4.79 Å². The van der Waals surface area contributed by atoms with Crippen LogP contribution in [0.5, 0.6) is 0 Å². The van der Waals surface area contributed by atoms with E-state index in [1.807, 2.05) is 7.05 Å². The molecule has 1 aliphatic heterocycles. The molecule has 0 unspecified atom stereocenters. The Kier molecular flexibility index (Phi) is 5.62. The van der Waals surface area contributed by atoms with Gasteiger partial charge in [-0.1, -0.05) is 25.7 Å². The van der Waals surface area contributed by atoms with E-state index in [1.54, 1.807) is 16.3 Å². The van der Waals surface area contributed by atoms with Gasteiger partial charge in [0.1, 0.15) is 9.77 Å². The van der Waals surface area contributed by atoms with Gasteiger partial charge in [-0.15, -0.1) is 11.3 Å². The summed E-state index contributed by atoms with van der Waals surface area (Å²) in [6.07, 6.45) is 8.57. The lowest BCUT2D eigenvalue weighted by Gasteiger charge is -2.27. The van der Waals surface area contributed by atoms with Gasteiger partial charge in [0, 0.05) is 26.2 Å². The maximum Gasteiger partial charge on any atom is 0.265 e. The minimum Gasteiger partial charge on any atom is -0.338 e. The topological polar surface area (TPSA) is 57.7 Å². The number of rotatable bonds is 4. The van der Waals surface area contributed by atoms with Crippen LogP contribution in [0.4, 0.5) is 0 Å². The molecule has 134 valence electrons. The average molecular weight is 371 g/mol. The Morgan fingerprint density at radius 3 is 2.38 bits per heavy atom. The highest BCUT2D eigenvalue weighted by Gasteiger charge is 2.33. The summed E-state index contributed by atoms with van der Waals surface area (Å²) in [5.41, 5.74) is 0. The number of hydrogen-bond acceptors (Lipinski definition) is 4. The van der Waals surface area contributed by atoms with Crippen LogP contribution in [-0.4, -0.2) is 49.7 Å². The third-order valence-electron chi connectivity index (χ3n) is 5.20. The van der Waals surface area contributed by atoms with Crippen LogP contribution in [0.2, 0.25) is 0 Å². The molecule has 0 bridgehead atoms. The molecule has 0 radical (unpaired) electrons. The van der Waals surface area contributed by atoms with E-state index in [1.165, 1.54) is 28.5 Å². The van der Waals surface area contributed by atoms with Crippen LogP contribution in [0, 0.1) is 0 Å². The lowest BCUT2D eigenvalue weighted by atomic mass is 10.1. The third-order valence-corrected chi connectivity index (χ3v) is 8.17. The molecule has 2 fully saturated rings. The van der Waals surface area contributed by atoms with Crippen LogP contribution in [0.3, 0.4) is 0 Å². The first kappa shape index (κ1) is 17.9. The lowest BCUT2D eigenvalue weighted by Crippen LogP contribution is -2.37. The first-order valence-corrected chi connectivity index (χ1v) is 11.2. The Morgan fingerprint density at radius 2 is 1.75 bits per heavy atom. The monoisotopic (exact) mass is 370 g/mol. The van der Waals surface area contributed by atoms with E-state index in [9.17, 15) is 13.2 Å². The molecule has 5 nitrogen and oxygen atoms in total. The van der Waals surface area contributed by atoms with Gasteiger partial charge in [0.15, 0.2) is 0 Å². The smallest absolute Gasteiger partial charge is 0.265 e. The van der Waals surface area contributed by atoms with Crippen molar-refractivity contribution in [1.29, 1.82) is 0 Å². The zero-order valence-corrected chi connectivity index (χ0v) is 15.9. The molecule has 2 aliphatic rings. The molecule has 1 aromatic rings. The van der Waals surface area contributed by atoms with Crippen molar-refractivity contribution in [2.24, 2.45) is 0 Å². The van der Waals surface area contributed by atoms with Crippen molar-refractivity contribution in [2.45, 2.75) is 62.3 Å². The van der Waals surface area contributed by atoms with Crippen LogP contribution >= 0.6 is 11.3 Å². The molecule has 1 saturated carbocycles. The Labute approximate surface area is 148 Å². The average Bonchev–Trinajstić information content (AvgIpc) is 3.21. The fourth-order valence-electron chi connectivity index (χ4n) is 3.70. The van der Waals surface area contributed by atoms with Crippen molar-refractivity contribution in [3.05, 3.63) is 16.3 Å². The number of carbonyl (C=O) groups excluding carboxylic acids is 1. The fraction of sp³-hybridized carbons (Fsp3) is 0.706. The Bertz CT molecular complexity index is 670.